The second-order valence-corrected chi connectivity index (χ2v) is 8.79. The van der Waals surface area contributed by atoms with Crippen LogP contribution in [0.2, 0.25) is 0 Å². The first kappa shape index (κ1) is 19.8. The molecule has 3 heterocycles. The molecule has 0 aliphatic carbocycles. The van der Waals surface area contributed by atoms with Crippen molar-refractivity contribution >= 4 is 21.6 Å². The van der Waals surface area contributed by atoms with Crippen molar-refractivity contribution in [3.05, 3.63) is 54.4 Å². The molecule has 2 aliphatic heterocycles. The summed E-state index contributed by atoms with van der Waals surface area (Å²) in [5.41, 5.74) is 0.901. The van der Waals surface area contributed by atoms with Crippen molar-refractivity contribution in [2.24, 2.45) is 5.92 Å². The molecule has 9 heteroatoms. The zero-order chi connectivity index (χ0) is 20.3. The number of benzene rings is 1. The summed E-state index contributed by atoms with van der Waals surface area (Å²) in [6, 6.07) is 9.15. The molecule has 0 bridgehead atoms. The second-order valence-electron chi connectivity index (χ2n) is 7.11. The van der Waals surface area contributed by atoms with E-state index in [1.54, 1.807) is 29.2 Å². The van der Waals surface area contributed by atoms with Gasteiger partial charge in [0.15, 0.2) is 6.29 Å². The van der Waals surface area contributed by atoms with Crippen LogP contribution in [0.5, 0.6) is 0 Å². The molecule has 154 valence electrons. The third-order valence-corrected chi connectivity index (χ3v) is 6.60. The highest BCUT2D eigenvalue weighted by Crippen LogP contribution is 2.26. The molecule has 1 amide bonds. The fourth-order valence-electron chi connectivity index (χ4n) is 3.62. The first-order chi connectivity index (χ1) is 14.0. The minimum absolute atomic E-state index is 0.0947. The average molecular weight is 417 g/mol. The Morgan fingerprint density at radius 3 is 2.24 bits per heavy atom. The van der Waals surface area contributed by atoms with E-state index < -0.39 is 10.0 Å². The van der Waals surface area contributed by atoms with Gasteiger partial charge in [0.1, 0.15) is 0 Å². The maximum absolute atomic E-state index is 12.8. The first-order valence-corrected chi connectivity index (χ1v) is 11.1. The minimum atomic E-state index is -3.73. The minimum Gasteiger partial charge on any atom is -0.350 e. The second kappa shape index (κ2) is 8.48. The number of hydrogen-bond donors (Lipinski definition) is 1. The van der Waals surface area contributed by atoms with Crippen LogP contribution in [-0.2, 0) is 19.5 Å². The first-order valence-electron chi connectivity index (χ1n) is 9.58. The lowest BCUT2D eigenvalue weighted by molar-refractivity contribution is -0.0956. The largest absolute Gasteiger partial charge is 0.350 e. The fourth-order valence-corrected chi connectivity index (χ4v) is 4.68. The maximum atomic E-state index is 12.8. The summed E-state index contributed by atoms with van der Waals surface area (Å²) in [6.45, 7) is 2.54. The molecule has 0 radical (unpaired) electrons. The molecule has 1 aromatic heterocycles. The Kier molecular flexibility index (Phi) is 5.79. The number of rotatable bonds is 5. The standard InChI is InChI=1S/C20H23N3O5S/c24-19(23-11-7-16(8-12-23)20-27-13-14-28-20)15-1-3-18(4-2-15)29(25,26)22-17-5-9-21-10-6-17/h1-6,9-10,16,20H,7-8,11-14H2,(H,21,22). The molecule has 1 N–H and O–H groups in total. The van der Waals surface area contributed by atoms with Crippen molar-refractivity contribution in [1.29, 1.82) is 0 Å². The summed E-state index contributed by atoms with van der Waals surface area (Å²) in [6.07, 6.45) is 4.53. The number of likely N-dealkylation sites (tertiary alicyclic amines) is 1. The van der Waals surface area contributed by atoms with Crippen molar-refractivity contribution < 1.29 is 22.7 Å². The third-order valence-electron chi connectivity index (χ3n) is 5.20. The molecule has 0 atom stereocenters. The summed E-state index contributed by atoms with van der Waals surface area (Å²) >= 11 is 0. The number of hydrogen-bond acceptors (Lipinski definition) is 6. The Morgan fingerprint density at radius 2 is 1.62 bits per heavy atom. The predicted molar refractivity (Wildman–Crippen MR) is 106 cm³/mol. The number of nitrogens with zero attached hydrogens (tertiary/aromatic N) is 2. The number of carbonyl (C=O) groups excluding carboxylic acids is 1. The van der Waals surface area contributed by atoms with Crippen molar-refractivity contribution in [2.45, 2.75) is 24.0 Å². The van der Waals surface area contributed by atoms with Gasteiger partial charge in [-0.25, -0.2) is 8.42 Å². The Bertz CT molecular complexity index is 936. The predicted octanol–water partition coefficient (Wildman–Crippen LogP) is 2.11. The lowest BCUT2D eigenvalue weighted by Gasteiger charge is -2.33. The van der Waals surface area contributed by atoms with E-state index in [4.69, 9.17) is 9.47 Å². The molecule has 0 spiro atoms. The molecule has 2 fully saturated rings. The SMILES string of the molecule is O=C(c1ccc(S(=O)(=O)Nc2ccncc2)cc1)N1CCC(C2OCCO2)CC1. The number of piperidine rings is 1. The van der Waals surface area contributed by atoms with E-state index in [1.807, 2.05) is 0 Å². The van der Waals surface area contributed by atoms with Crippen molar-refractivity contribution in [3.8, 4) is 0 Å². The number of carbonyl (C=O) groups is 1. The van der Waals surface area contributed by atoms with Crippen LogP contribution >= 0.6 is 0 Å². The highest BCUT2D eigenvalue weighted by atomic mass is 32.2. The molecule has 1 aromatic carbocycles. The van der Waals surface area contributed by atoms with Crippen molar-refractivity contribution in [1.82, 2.24) is 9.88 Å². The van der Waals surface area contributed by atoms with E-state index in [1.165, 1.54) is 24.5 Å². The number of nitrogens with one attached hydrogen (secondary N) is 1. The van der Waals surface area contributed by atoms with Gasteiger partial charge < -0.3 is 14.4 Å². The summed E-state index contributed by atoms with van der Waals surface area (Å²) < 4.78 is 38.6. The number of anilines is 1. The maximum Gasteiger partial charge on any atom is 0.261 e. The van der Waals surface area contributed by atoms with Gasteiger partial charge in [-0.2, -0.15) is 0 Å². The fraction of sp³-hybridized carbons (Fsp3) is 0.400. The van der Waals surface area contributed by atoms with Gasteiger partial charge in [-0.1, -0.05) is 0 Å². The molecule has 2 aromatic rings. The van der Waals surface area contributed by atoms with Crippen LogP contribution in [0.3, 0.4) is 0 Å². The molecular formula is C20H23N3O5S. The monoisotopic (exact) mass is 417 g/mol. The van der Waals surface area contributed by atoms with Crippen LogP contribution in [-0.4, -0.2) is 56.8 Å². The molecule has 29 heavy (non-hydrogen) atoms. The molecule has 2 saturated heterocycles. The molecule has 0 unspecified atom stereocenters. The van der Waals surface area contributed by atoms with Crippen LogP contribution in [0.1, 0.15) is 23.2 Å². The summed E-state index contributed by atoms with van der Waals surface area (Å²) in [7, 11) is -3.73. The van der Waals surface area contributed by atoms with Crippen molar-refractivity contribution in [3.63, 3.8) is 0 Å². The number of pyridine rings is 1. The van der Waals surface area contributed by atoms with E-state index >= 15 is 0 Å². The van der Waals surface area contributed by atoms with E-state index in [2.05, 4.69) is 9.71 Å². The van der Waals surface area contributed by atoms with Crippen LogP contribution < -0.4 is 4.72 Å². The number of ether oxygens (including phenoxy) is 2. The number of aromatic nitrogens is 1. The van der Waals surface area contributed by atoms with E-state index in [9.17, 15) is 13.2 Å². The number of sulfonamides is 1. The summed E-state index contributed by atoms with van der Waals surface area (Å²) in [5, 5.41) is 0. The van der Waals surface area contributed by atoms with Gasteiger partial charge in [0.2, 0.25) is 0 Å². The van der Waals surface area contributed by atoms with Crippen LogP contribution in [0.4, 0.5) is 5.69 Å². The van der Waals surface area contributed by atoms with Crippen LogP contribution in [0, 0.1) is 5.92 Å². The van der Waals surface area contributed by atoms with Gasteiger partial charge in [-0.3, -0.25) is 14.5 Å². The van der Waals surface area contributed by atoms with Gasteiger partial charge >= 0.3 is 0 Å². The normalized spacial score (nSPS) is 18.7. The summed E-state index contributed by atoms with van der Waals surface area (Å²) in [5.74, 6) is 0.219. The topological polar surface area (TPSA) is 97.8 Å². The molecule has 0 saturated carbocycles. The van der Waals surface area contributed by atoms with Gasteiger partial charge in [-0.05, 0) is 49.2 Å². The highest BCUT2D eigenvalue weighted by molar-refractivity contribution is 7.92. The van der Waals surface area contributed by atoms with Crippen molar-refractivity contribution in [2.75, 3.05) is 31.0 Å². The van der Waals surface area contributed by atoms with E-state index in [0.717, 1.165) is 12.8 Å². The van der Waals surface area contributed by atoms with E-state index in [-0.39, 0.29) is 17.1 Å². The lowest BCUT2D eigenvalue weighted by Crippen LogP contribution is -2.41. The smallest absolute Gasteiger partial charge is 0.261 e. The van der Waals surface area contributed by atoms with Crippen LogP contribution in [0.25, 0.3) is 0 Å². The zero-order valence-corrected chi connectivity index (χ0v) is 16.7. The number of amides is 1. The quantitative estimate of drug-likeness (QED) is 0.800. The zero-order valence-electron chi connectivity index (χ0n) is 15.9. The third kappa shape index (κ3) is 4.58. The van der Waals surface area contributed by atoms with Gasteiger partial charge in [0.25, 0.3) is 15.9 Å². The van der Waals surface area contributed by atoms with Gasteiger partial charge in [0, 0.05) is 37.0 Å². The lowest BCUT2D eigenvalue weighted by atomic mass is 9.95. The molecular weight excluding hydrogens is 394 g/mol. The van der Waals surface area contributed by atoms with Gasteiger partial charge in [-0.15, -0.1) is 0 Å². The molecule has 4 rings (SSSR count). The average Bonchev–Trinajstić information content (AvgIpc) is 3.29. The Hall–Kier alpha value is -2.49. The van der Waals surface area contributed by atoms with Gasteiger partial charge in [0.05, 0.1) is 23.8 Å². The molecule has 2 aliphatic rings. The summed E-state index contributed by atoms with van der Waals surface area (Å²) in [4.78, 5) is 18.5. The Balaban J connectivity index is 1.38. The van der Waals surface area contributed by atoms with E-state index in [0.29, 0.717) is 43.5 Å². The highest BCUT2D eigenvalue weighted by Gasteiger charge is 2.32. The Morgan fingerprint density at radius 1 is 1.00 bits per heavy atom. The Labute approximate surface area is 169 Å². The van der Waals surface area contributed by atoms with Crippen LogP contribution in [0.15, 0.2) is 53.7 Å². The molecule has 8 nitrogen and oxygen atoms in total.